The summed E-state index contributed by atoms with van der Waals surface area (Å²) in [6, 6.07) is 9.50. The largest absolute Gasteiger partial charge is 0.484 e. The Morgan fingerprint density at radius 2 is 1.82 bits per heavy atom. The van der Waals surface area contributed by atoms with Gasteiger partial charge >= 0.3 is 0 Å². The van der Waals surface area contributed by atoms with Gasteiger partial charge in [-0.3, -0.25) is 9.78 Å². The van der Waals surface area contributed by atoms with Crippen LogP contribution in [0.1, 0.15) is 23.6 Å². The van der Waals surface area contributed by atoms with E-state index in [-0.39, 0.29) is 12.5 Å². The van der Waals surface area contributed by atoms with Crippen LogP contribution in [0.25, 0.3) is 0 Å². The lowest BCUT2D eigenvalue weighted by Gasteiger charge is -2.07. The Morgan fingerprint density at radius 1 is 1.18 bits per heavy atom. The molecule has 0 aliphatic rings. The normalized spacial score (nSPS) is 11.1. The van der Waals surface area contributed by atoms with Crippen molar-refractivity contribution in [2.75, 3.05) is 6.61 Å². The van der Waals surface area contributed by atoms with E-state index in [1.54, 1.807) is 12.4 Å². The average molecular weight is 297 g/mol. The maximum atomic E-state index is 11.8. The minimum Gasteiger partial charge on any atom is -0.484 e. The topological polar surface area (TPSA) is 63.6 Å². The van der Waals surface area contributed by atoms with Crippen molar-refractivity contribution in [2.24, 2.45) is 5.10 Å². The van der Waals surface area contributed by atoms with E-state index in [0.717, 1.165) is 16.7 Å². The molecule has 5 nitrogen and oxygen atoms in total. The lowest BCUT2D eigenvalue weighted by atomic mass is 10.1. The molecule has 0 aliphatic heterocycles. The van der Waals surface area contributed by atoms with Crippen molar-refractivity contribution in [3.05, 3.63) is 59.4 Å². The number of aromatic nitrogens is 1. The summed E-state index contributed by atoms with van der Waals surface area (Å²) >= 11 is 0. The minimum absolute atomic E-state index is 0.0734. The predicted octanol–water partition coefficient (Wildman–Crippen LogP) is 2.62. The van der Waals surface area contributed by atoms with E-state index in [1.807, 2.05) is 45.0 Å². The highest BCUT2D eigenvalue weighted by molar-refractivity contribution is 5.99. The Morgan fingerprint density at radius 3 is 2.45 bits per heavy atom. The first-order valence-electron chi connectivity index (χ1n) is 6.99. The van der Waals surface area contributed by atoms with E-state index in [4.69, 9.17) is 4.74 Å². The highest BCUT2D eigenvalue weighted by Gasteiger charge is 2.04. The van der Waals surface area contributed by atoms with Gasteiger partial charge in [-0.05, 0) is 56.2 Å². The molecule has 1 aromatic heterocycles. The number of pyridine rings is 1. The molecule has 1 aromatic carbocycles. The van der Waals surface area contributed by atoms with E-state index >= 15 is 0 Å². The van der Waals surface area contributed by atoms with Gasteiger partial charge in [0.15, 0.2) is 6.61 Å². The van der Waals surface area contributed by atoms with Crippen LogP contribution in [0.2, 0.25) is 0 Å². The van der Waals surface area contributed by atoms with Gasteiger partial charge in [0.25, 0.3) is 5.91 Å². The molecule has 22 heavy (non-hydrogen) atoms. The second kappa shape index (κ2) is 7.36. The minimum atomic E-state index is -0.299. The molecule has 1 heterocycles. The molecule has 2 rings (SSSR count). The number of benzene rings is 1. The van der Waals surface area contributed by atoms with E-state index in [2.05, 4.69) is 21.6 Å². The Balaban J connectivity index is 1.88. The molecule has 0 radical (unpaired) electrons. The second-order valence-corrected chi connectivity index (χ2v) is 5.08. The van der Waals surface area contributed by atoms with Crippen molar-refractivity contribution in [2.45, 2.75) is 20.8 Å². The van der Waals surface area contributed by atoms with Crippen LogP contribution < -0.4 is 10.2 Å². The van der Waals surface area contributed by atoms with E-state index in [9.17, 15) is 4.79 Å². The van der Waals surface area contributed by atoms with Gasteiger partial charge in [0.05, 0.1) is 5.71 Å². The number of nitrogens with one attached hydrogen (secondary N) is 1. The third kappa shape index (κ3) is 4.70. The summed E-state index contributed by atoms with van der Waals surface area (Å²) in [6.45, 7) is 5.72. The molecule has 0 unspecified atom stereocenters. The molecule has 0 saturated carbocycles. The Labute approximate surface area is 130 Å². The van der Waals surface area contributed by atoms with Crippen LogP contribution in [0.15, 0.2) is 47.8 Å². The zero-order chi connectivity index (χ0) is 15.9. The standard InChI is InChI=1S/C17H19N3O2/c1-12-8-13(2)10-16(9-12)22-11-17(21)20-19-14(3)15-4-6-18-7-5-15/h4-10H,11H2,1-3H3,(H,20,21). The molecule has 0 atom stereocenters. The molecule has 0 saturated heterocycles. The molecule has 1 amide bonds. The highest BCUT2D eigenvalue weighted by atomic mass is 16.5. The van der Waals surface area contributed by atoms with Gasteiger partial charge < -0.3 is 4.74 Å². The summed E-state index contributed by atoms with van der Waals surface area (Å²) in [5.74, 6) is 0.384. The summed E-state index contributed by atoms with van der Waals surface area (Å²) in [6.07, 6.45) is 3.36. The fourth-order valence-corrected chi connectivity index (χ4v) is 2.00. The number of rotatable bonds is 5. The number of hydrazone groups is 1. The summed E-state index contributed by atoms with van der Waals surface area (Å²) < 4.78 is 5.48. The monoisotopic (exact) mass is 297 g/mol. The molecule has 5 heteroatoms. The lowest BCUT2D eigenvalue weighted by molar-refractivity contribution is -0.123. The molecule has 0 aliphatic carbocycles. The van der Waals surface area contributed by atoms with Crippen LogP contribution in [0, 0.1) is 13.8 Å². The van der Waals surface area contributed by atoms with Crippen molar-refractivity contribution in [3.8, 4) is 5.75 Å². The van der Waals surface area contributed by atoms with Crippen molar-refractivity contribution in [3.63, 3.8) is 0 Å². The molecule has 0 fully saturated rings. The maximum absolute atomic E-state index is 11.8. The first kappa shape index (κ1) is 15.7. The van der Waals surface area contributed by atoms with E-state index < -0.39 is 0 Å². The van der Waals surface area contributed by atoms with Crippen LogP contribution in [0.3, 0.4) is 0 Å². The number of aryl methyl sites for hydroxylation is 2. The molecule has 1 N–H and O–H groups in total. The van der Waals surface area contributed by atoms with Crippen LogP contribution >= 0.6 is 0 Å². The Hall–Kier alpha value is -2.69. The quantitative estimate of drug-likeness (QED) is 0.681. The van der Waals surface area contributed by atoms with Gasteiger partial charge in [0.1, 0.15) is 5.75 Å². The predicted molar refractivity (Wildman–Crippen MR) is 86.0 cm³/mol. The van der Waals surface area contributed by atoms with Gasteiger partial charge in [-0.1, -0.05) is 6.07 Å². The number of hydrogen-bond acceptors (Lipinski definition) is 4. The number of ether oxygens (including phenoxy) is 1. The van der Waals surface area contributed by atoms with Crippen molar-refractivity contribution < 1.29 is 9.53 Å². The first-order chi connectivity index (χ1) is 10.5. The zero-order valence-electron chi connectivity index (χ0n) is 13.0. The second-order valence-electron chi connectivity index (χ2n) is 5.08. The van der Waals surface area contributed by atoms with Crippen LogP contribution in [0.4, 0.5) is 0 Å². The van der Waals surface area contributed by atoms with Crippen molar-refractivity contribution in [1.82, 2.24) is 10.4 Å². The fraction of sp³-hybridized carbons (Fsp3) is 0.235. The summed E-state index contributed by atoms with van der Waals surface area (Å²) in [5, 5.41) is 4.05. The van der Waals surface area contributed by atoms with Crippen LogP contribution in [-0.2, 0) is 4.79 Å². The molecule has 2 aromatic rings. The highest BCUT2D eigenvalue weighted by Crippen LogP contribution is 2.15. The van der Waals surface area contributed by atoms with Gasteiger partial charge in [-0.25, -0.2) is 5.43 Å². The SMILES string of the molecule is CC(=NNC(=O)COc1cc(C)cc(C)c1)c1ccncc1. The van der Waals surface area contributed by atoms with Crippen molar-refractivity contribution >= 4 is 11.6 Å². The smallest absolute Gasteiger partial charge is 0.277 e. The maximum Gasteiger partial charge on any atom is 0.277 e. The lowest BCUT2D eigenvalue weighted by Crippen LogP contribution is -2.25. The third-order valence-corrected chi connectivity index (χ3v) is 3.01. The number of carbonyl (C=O) groups excluding carboxylic acids is 1. The summed E-state index contributed by atoms with van der Waals surface area (Å²) in [5.41, 5.74) is 6.30. The van der Waals surface area contributed by atoms with Crippen molar-refractivity contribution in [1.29, 1.82) is 0 Å². The fourth-order valence-electron chi connectivity index (χ4n) is 2.00. The molecule has 0 spiro atoms. The zero-order valence-corrected chi connectivity index (χ0v) is 13.0. The summed E-state index contributed by atoms with van der Waals surface area (Å²) in [4.78, 5) is 15.7. The number of amides is 1. The molecular formula is C17H19N3O2. The van der Waals surface area contributed by atoms with Crippen LogP contribution in [-0.4, -0.2) is 23.2 Å². The average Bonchev–Trinajstić information content (AvgIpc) is 2.50. The Bertz CT molecular complexity index is 661. The molecule has 0 bridgehead atoms. The number of hydrogen-bond donors (Lipinski definition) is 1. The van der Waals surface area contributed by atoms with Crippen LogP contribution in [0.5, 0.6) is 5.75 Å². The van der Waals surface area contributed by atoms with E-state index in [1.165, 1.54) is 0 Å². The van der Waals surface area contributed by atoms with Gasteiger partial charge in [-0.2, -0.15) is 5.10 Å². The molecular weight excluding hydrogens is 278 g/mol. The van der Waals surface area contributed by atoms with Gasteiger partial charge in [0, 0.05) is 18.0 Å². The van der Waals surface area contributed by atoms with Gasteiger partial charge in [0.2, 0.25) is 0 Å². The van der Waals surface area contributed by atoms with Gasteiger partial charge in [-0.15, -0.1) is 0 Å². The first-order valence-corrected chi connectivity index (χ1v) is 6.99. The Kier molecular flexibility index (Phi) is 5.25. The van der Waals surface area contributed by atoms with E-state index in [0.29, 0.717) is 11.5 Å². The number of nitrogens with zero attached hydrogens (tertiary/aromatic N) is 2. The third-order valence-electron chi connectivity index (χ3n) is 3.01. The number of carbonyl (C=O) groups is 1. The molecule has 114 valence electrons. The summed E-state index contributed by atoms with van der Waals surface area (Å²) in [7, 11) is 0.